The predicted octanol–water partition coefficient (Wildman–Crippen LogP) is 3.88. The van der Waals surface area contributed by atoms with Crippen LogP contribution in [0.4, 0.5) is 0 Å². The van der Waals surface area contributed by atoms with Crippen LogP contribution in [-0.2, 0) is 0 Å². The lowest BCUT2D eigenvalue weighted by molar-refractivity contribution is -0.0858. The van der Waals surface area contributed by atoms with Gasteiger partial charge < -0.3 is 0 Å². The lowest BCUT2D eigenvalue weighted by Gasteiger charge is -2.57. The molecule has 1 rings (SSSR count). The van der Waals surface area contributed by atoms with Gasteiger partial charge in [-0.15, -0.1) is 6.58 Å². The summed E-state index contributed by atoms with van der Waals surface area (Å²) in [5.41, 5.74) is 0.591. The summed E-state index contributed by atoms with van der Waals surface area (Å²) in [7, 11) is 0. The minimum absolute atomic E-state index is 0.591. The molecule has 0 bridgehead atoms. The van der Waals surface area contributed by atoms with Gasteiger partial charge in [0, 0.05) is 0 Å². The molecule has 0 aliphatic heterocycles. The zero-order valence-electron chi connectivity index (χ0n) is 8.93. The second-order valence-electron chi connectivity index (χ2n) is 4.77. The maximum atomic E-state index is 3.79. The standard InChI is InChI=1S/C12H22/c1-6-7-8-12(5)10(3)9(2)11(12)4/h6,9-11H,1,7-8H2,2-5H3. The quantitative estimate of drug-likeness (QED) is 0.558. The van der Waals surface area contributed by atoms with Crippen LogP contribution in [0.2, 0.25) is 0 Å². The molecule has 0 aromatic carbocycles. The van der Waals surface area contributed by atoms with E-state index in [9.17, 15) is 0 Å². The Hall–Kier alpha value is -0.260. The van der Waals surface area contributed by atoms with Crippen molar-refractivity contribution < 1.29 is 0 Å². The summed E-state index contributed by atoms with van der Waals surface area (Å²) in [6.45, 7) is 13.4. The molecular weight excluding hydrogens is 144 g/mol. The van der Waals surface area contributed by atoms with Gasteiger partial charge in [0.1, 0.15) is 0 Å². The maximum absolute atomic E-state index is 3.79. The molecule has 2 atom stereocenters. The van der Waals surface area contributed by atoms with E-state index in [0.29, 0.717) is 5.41 Å². The Morgan fingerprint density at radius 2 is 1.75 bits per heavy atom. The summed E-state index contributed by atoms with van der Waals surface area (Å²) in [5, 5.41) is 0. The molecule has 1 fully saturated rings. The third-order valence-corrected chi connectivity index (χ3v) is 4.54. The molecule has 2 unspecified atom stereocenters. The van der Waals surface area contributed by atoms with Crippen LogP contribution in [0.25, 0.3) is 0 Å². The lowest BCUT2D eigenvalue weighted by atomic mass is 9.48. The average Bonchev–Trinajstić information content (AvgIpc) is 2.11. The van der Waals surface area contributed by atoms with Gasteiger partial charge in [-0.05, 0) is 36.0 Å². The number of rotatable bonds is 3. The fourth-order valence-electron chi connectivity index (χ4n) is 2.80. The average molecular weight is 166 g/mol. The van der Waals surface area contributed by atoms with Gasteiger partial charge in [-0.2, -0.15) is 0 Å². The van der Waals surface area contributed by atoms with Crippen molar-refractivity contribution >= 4 is 0 Å². The van der Waals surface area contributed by atoms with Crippen LogP contribution >= 0.6 is 0 Å². The zero-order chi connectivity index (χ0) is 9.35. The van der Waals surface area contributed by atoms with E-state index in [0.717, 1.165) is 17.8 Å². The molecule has 0 amide bonds. The third-order valence-electron chi connectivity index (χ3n) is 4.54. The van der Waals surface area contributed by atoms with Gasteiger partial charge in [0.2, 0.25) is 0 Å². The molecule has 0 radical (unpaired) electrons. The molecule has 0 aromatic heterocycles. The molecule has 0 heterocycles. The fraction of sp³-hybridized carbons (Fsp3) is 0.833. The van der Waals surface area contributed by atoms with Gasteiger partial charge in [0.05, 0.1) is 0 Å². The van der Waals surface area contributed by atoms with Crippen LogP contribution in [0.3, 0.4) is 0 Å². The Labute approximate surface area is 77.1 Å². The highest BCUT2D eigenvalue weighted by Gasteiger charge is 2.50. The SMILES string of the molecule is C=CCCC1(C)C(C)C(C)C1C. The van der Waals surface area contributed by atoms with Crippen LogP contribution in [0.1, 0.15) is 40.5 Å². The van der Waals surface area contributed by atoms with Crippen molar-refractivity contribution in [3.63, 3.8) is 0 Å². The van der Waals surface area contributed by atoms with Gasteiger partial charge in [-0.1, -0.05) is 33.8 Å². The first-order valence-electron chi connectivity index (χ1n) is 5.15. The Morgan fingerprint density at radius 1 is 1.25 bits per heavy atom. The Balaban J connectivity index is 2.54. The van der Waals surface area contributed by atoms with Gasteiger partial charge in [0.25, 0.3) is 0 Å². The summed E-state index contributed by atoms with van der Waals surface area (Å²) in [4.78, 5) is 0. The van der Waals surface area contributed by atoms with E-state index in [1.807, 2.05) is 6.08 Å². The van der Waals surface area contributed by atoms with Gasteiger partial charge >= 0.3 is 0 Å². The number of hydrogen-bond donors (Lipinski definition) is 0. The summed E-state index contributed by atoms with van der Waals surface area (Å²) in [6, 6.07) is 0. The van der Waals surface area contributed by atoms with E-state index in [4.69, 9.17) is 0 Å². The lowest BCUT2D eigenvalue weighted by Crippen LogP contribution is -2.51. The van der Waals surface area contributed by atoms with Gasteiger partial charge in [0.15, 0.2) is 0 Å². The van der Waals surface area contributed by atoms with Crippen molar-refractivity contribution in [2.24, 2.45) is 23.2 Å². The number of hydrogen-bond acceptors (Lipinski definition) is 0. The van der Waals surface area contributed by atoms with Crippen molar-refractivity contribution in [2.75, 3.05) is 0 Å². The maximum Gasteiger partial charge on any atom is -0.0266 e. The summed E-state index contributed by atoms with van der Waals surface area (Å²) >= 11 is 0. The molecule has 70 valence electrons. The van der Waals surface area contributed by atoms with E-state index in [2.05, 4.69) is 34.3 Å². The molecule has 1 aliphatic carbocycles. The normalized spacial score (nSPS) is 46.8. The van der Waals surface area contributed by atoms with E-state index < -0.39 is 0 Å². The van der Waals surface area contributed by atoms with E-state index in [-0.39, 0.29) is 0 Å². The largest absolute Gasteiger partial charge is 0.103 e. The molecule has 0 heteroatoms. The fourth-order valence-corrected chi connectivity index (χ4v) is 2.80. The number of allylic oxidation sites excluding steroid dienone is 1. The van der Waals surface area contributed by atoms with Gasteiger partial charge in [-0.25, -0.2) is 0 Å². The molecule has 0 aromatic rings. The summed E-state index contributed by atoms with van der Waals surface area (Å²) < 4.78 is 0. The Bertz CT molecular complexity index is 159. The van der Waals surface area contributed by atoms with Crippen LogP contribution < -0.4 is 0 Å². The van der Waals surface area contributed by atoms with Crippen LogP contribution in [-0.4, -0.2) is 0 Å². The van der Waals surface area contributed by atoms with E-state index in [1.165, 1.54) is 12.8 Å². The monoisotopic (exact) mass is 166 g/mol. The minimum Gasteiger partial charge on any atom is -0.103 e. The predicted molar refractivity (Wildman–Crippen MR) is 55.0 cm³/mol. The molecule has 0 spiro atoms. The highest BCUT2D eigenvalue weighted by molar-refractivity contribution is 5.00. The molecular formula is C12H22. The first kappa shape index (κ1) is 9.83. The van der Waals surface area contributed by atoms with Crippen molar-refractivity contribution in [3.8, 4) is 0 Å². The first-order chi connectivity index (χ1) is 5.54. The van der Waals surface area contributed by atoms with Crippen molar-refractivity contribution in [1.29, 1.82) is 0 Å². The van der Waals surface area contributed by atoms with E-state index >= 15 is 0 Å². The summed E-state index contributed by atoms with van der Waals surface area (Å²) in [6.07, 6.45) is 4.55. The molecule has 0 N–H and O–H groups in total. The Morgan fingerprint density at radius 3 is 2.17 bits per heavy atom. The summed E-state index contributed by atoms with van der Waals surface area (Å²) in [5.74, 6) is 2.71. The highest BCUT2D eigenvalue weighted by Crippen LogP contribution is 2.57. The van der Waals surface area contributed by atoms with Crippen molar-refractivity contribution in [2.45, 2.75) is 40.5 Å². The minimum atomic E-state index is 0.591. The Kier molecular flexibility index (Phi) is 2.65. The molecule has 1 aliphatic rings. The smallest absolute Gasteiger partial charge is 0.0266 e. The molecule has 0 nitrogen and oxygen atoms in total. The van der Waals surface area contributed by atoms with Crippen molar-refractivity contribution in [1.82, 2.24) is 0 Å². The van der Waals surface area contributed by atoms with Crippen LogP contribution in [0.5, 0.6) is 0 Å². The zero-order valence-corrected chi connectivity index (χ0v) is 8.93. The molecule has 1 saturated carbocycles. The van der Waals surface area contributed by atoms with Crippen molar-refractivity contribution in [3.05, 3.63) is 12.7 Å². The first-order valence-corrected chi connectivity index (χ1v) is 5.15. The molecule has 12 heavy (non-hydrogen) atoms. The van der Waals surface area contributed by atoms with E-state index in [1.54, 1.807) is 0 Å². The molecule has 0 saturated heterocycles. The van der Waals surface area contributed by atoms with Gasteiger partial charge in [-0.3, -0.25) is 0 Å². The van der Waals surface area contributed by atoms with Crippen LogP contribution in [0.15, 0.2) is 12.7 Å². The second-order valence-corrected chi connectivity index (χ2v) is 4.77. The highest BCUT2D eigenvalue weighted by atomic mass is 14.6. The topological polar surface area (TPSA) is 0 Å². The third kappa shape index (κ3) is 1.22. The van der Waals surface area contributed by atoms with Crippen LogP contribution in [0, 0.1) is 23.2 Å². The second kappa shape index (κ2) is 3.24.